The van der Waals surface area contributed by atoms with Gasteiger partial charge in [0.25, 0.3) is 0 Å². The molecule has 0 aliphatic carbocycles. The van der Waals surface area contributed by atoms with Crippen molar-refractivity contribution in [2.45, 2.75) is 25.8 Å². The van der Waals surface area contributed by atoms with Gasteiger partial charge in [-0.3, -0.25) is 4.79 Å². The van der Waals surface area contributed by atoms with Crippen molar-refractivity contribution in [3.05, 3.63) is 59.7 Å². The summed E-state index contributed by atoms with van der Waals surface area (Å²) in [4.78, 5) is 11.9. The van der Waals surface area contributed by atoms with Gasteiger partial charge in [0.2, 0.25) is 5.91 Å². The summed E-state index contributed by atoms with van der Waals surface area (Å²) in [6.07, 6.45) is 2.45. The maximum atomic E-state index is 14.2. The van der Waals surface area contributed by atoms with E-state index in [-0.39, 0.29) is 24.0 Å². The Balaban J connectivity index is 1.50. The summed E-state index contributed by atoms with van der Waals surface area (Å²) >= 11 is 0. The fourth-order valence-corrected chi connectivity index (χ4v) is 2.97. The van der Waals surface area contributed by atoms with Crippen molar-refractivity contribution in [1.82, 2.24) is 10.6 Å². The van der Waals surface area contributed by atoms with E-state index in [0.717, 1.165) is 25.9 Å². The van der Waals surface area contributed by atoms with Crippen LogP contribution in [0.4, 0.5) is 8.78 Å². The molecule has 2 N–H and O–H groups in total. The maximum Gasteiger partial charge on any atom is 0.220 e. The zero-order chi connectivity index (χ0) is 18.4. The van der Waals surface area contributed by atoms with E-state index in [2.05, 4.69) is 10.6 Å². The van der Waals surface area contributed by atoms with E-state index >= 15 is 0 Å². The number of hydrogen-bond donors (Lipinski definition) is 2. The van der Waals surface area contributed by atoms with Gasteiger partial charge in [0.15, 0.2) is 23.1 Å². The highest BCUT2D eigenvalue weighted by molar-refractivity contribution is 5.75. The molecule has 4 nitrogen and oxygen atoms in total. The second-order valence-corrected chi connectivity index (χ2v) is 6.47. The van der Waals surface area contributed by atoms with Crippen LogP contribution in [-0.2, 0) is 11.3 Å². The Hall–Kier alpha value is -2.47. The minimum Gasteiger partial charge on any atom is -0.451 e. The van der Waals surface area contributed by atoms with Gasteiger partial charge in [-0.1, -0.05) is 18.2 Å². The smallest absolute Gasteiger partial charge is 0.220 e. The van der Waals surface area contributed by atoms with Crippen molar-refractivity contribution in [1.29, 1.82) is 0 Å². The number of benzene rings is 2. The fourth-order valence-electron chi connectivity index (χ4n) is 2.97. The fraction of sp³-hybridized carbons (Fsp3) is 0.350. The number of carbonyl (C=O) groups is 1. The van der Waals surface area contributed by atoms with Crippen molar-refractivity contribution >= 4 is 5.91 Å². The van der Waals surface area contributed by atoms with E-state index in [1.807, 2.05) is 0 Å². The van der Waals surface area contributed by atoms with Crippen LogP contribution in [0.1, 0.15) is 24.8 Å². The lowest BCUT2D eigenvalue weighted by molar-refractivity contribution is -0.121. The monoisotopic (exact) mass is 360 g/mol. The molecule has 1 unspecified atom stereocenters. The van der Waals surface area contributed by atoms with E-state index in [0.29, 0.717) is 17.9 Å². The van der Waals surface area contributed by atoms with Gasteiger partial charge >= 0.3 is 0 Å². The van der Waals surface area contributed by atoms with Crippen molar-refractivity contribution in [3.8, 4) is 11.5 Å². The van der Waals surface area contributed by atoms with Crippen molar-refractivity contribution in [2.75, 3.05) is 13.1 Å². The third-order valence-corrected chi connectivity index (χ3v) is 4.48. The third-order valence-electron chi connectivity index (χ3n) is 4.48. The zero-order valence-corrected chi connectivity index (χ0v) is 14.4. The molecule has 138 valence electrons. The first kappa shape index (κ1) is 18.3. The molecule has 0 bridgehead atoms. The quantitative estimate of drug-likeness (QED) is 0.790. The van der Waals surface area contributed by atoms with Gasteiger partial charge in [0.1, 0.15) is 0 Å². The van der Waals surface area contributed by atoms with Crippen molar-refractivity contribution in [3.63, 3.8) is 0 Å². The molecule has 1 atom stereocenters. The number of rotatable bonds is 7. The minimum atomic E-state index is -0.600. The average Bonchev–Trinajstić information content (AvgIpc) is 3.15. The Morgan fingerprint density at radius 3 is 2.69 bits per heavy atom. The van der Waals surface area contributed by atoms with Crippen molar-refractivity contribution < 1.29 is 18.3 Å². The molecule has 2 aromatic carbocycles. The normalized spacial score (nSPS) is 16.5. The summed E-state index contributed by atoms with van der Waals surface area (Å²) in [5, 5.41) is 6.08. The standard InChI is InChI=1S/C20H22F2N2O2/c21-16-3-1-2-4-18(16)26-19-7-5-15(11-17(19)22)13-24-20(25)8-6-14-9-10-23-12-14/h1-5,7,11,14,23H,6,8-10,12-13H2,(H,24,25). The molecule has 1 saturated heterocycles. The van der Waals surface area contributed by atoms with Gasteiger partial charge in [0, 0.05) is 13.0 Å². The van der Waals surface area contributed by atoms with Crippen LogP contribution in [0.5, 0.6) is 11.5 Å². The van der Waals surface area contributed by atoms with E-state index in [1.54, 1.807) is 12.1 Å². The molecule has 0 saturated carbocycles. The summed E-state index contributed by atoms with van der Waals surface area (Å²) < 4.78 is 33.0. The van der Waals surface area contributed by atoms with Crippen LogP contribution >= 0.6 is 0 Å². The Morgan fingerprint density at radius 1 is 1.15 bits per heavy atom. The summed E-state index contributed by atoms with van der Waals surface area (Å²) in [7, 11) is 0. The van der Waals surface area contributed by atoms with E-state index < -0.39 is 11.6 Å². The average molecular weight is 360 g/mol. The highest BCUT2D eigenvalue weighted by atomic mass is 19.1. The van der Waals surface area contributed by atoms with Crippen LogP contribution in [0.25, 0.3) is 0 Å². The lowest BCUT2D eigenvalue weighted by Crippen LogP contribution is -2.23. The molecular weight excluding hydrogens is 338 g/mol. The Bertz CT molecular complexity index is 761. The largest absolute Gasteiger partial charge is 0.451 e. The summed E-state index contributed by atoms with van der Waals surface area (Å²) in [5.41, 5.74) is 0.624. The van der Waals surface area contributed by atoms with Crippen LogP contribution in [0.2, 0.25) is 0 Å². The Morgan fingerprint density at radius 2 is 1.96 bits per heavy atom. The predicted molar refractivity (Wildman–Crippen MR) is 94.9 cm³/mol. The van der Waals surface area contributed by atoms with Crippen molar-refractivity contribution in [2.24, 2.45) is 5.92 Å². The van der Waals surface area contributed by atoms with Gasteiger partial charge < -0.3 is 15.4 Å². The molecule has 1 aliphatic rings. The van der Waals surface area contributed by atoms with Gasteiger partial charge in [-0.2, -0.15) is 0 Å². The highest BCUT2D eigenvalue weighted by Crippen LogP contribution is 2.27. The number of amides is 1. The zero-order valence-electron chi connectivity index (χ0n) is 14.4. The predicted octanol–water partition coefficient (Wildman–Crippen LogP) is 3.76. The molecule has 1 amide bonds. The first-order valence-corrected chi connectivity index (χ1v) is 8.80. The van der Waals surface area contributed by atoms with Crippen LogP contribution in [0, 0.1) is 17.6 Å². The van der Waals surface area contributed by atoms with Gasteiger partial charge in [-0.05, 0) is 61.7 Å². The van der Waals surface area contributed by atoms with Crippen LogP contribution in [-0.4, -0.2) is 19.0 Å². The number of para-hydroxylation sites is 1. The molecule has 0 spiro atoms. The molecule has 0 radical (unpaired) electrons. The number of halogens is 2. The van der Waals surface area contributed by atoms with Gasteiger partial charge in [-0.25, -0.2) is 8.78 Å². The molecule has 1 aliphatic heterocycles. The highest BCUT2D eigenvalue weighted by Gasteiger charge is 2.15. The number of hydrogen-bond acceptors (Lipinski definition) is 3. The number of carbonyl (C=O) groups excluding carboxylic acids is 1. The minimum absolute atomic E-state index is 0.0335. The second-order valence-electron chi connectivity index (χ2n) is 6.47. The third kappa shape index (κ3) is 5.02. The van der Waals surface area contributed by atoms with E-state index in [9.17, 15) is 13.6 Å². The molecule has 3 rings (SSSR count). The molecule has 0 aromatic heterocycles. The molecule has 6 heteroatoms. The summed E-state index contributed by atoms with van der Waals surface area (Å²) in [6, 6.07) is 10.2. The molecular formula is C20H22F2N2O2. The van der Waals surface area contributed by atoms with Gasteiger partial charge in [0.05, 0.1) is 0 Å². The summed E-state index contributed by atoms with van der Waals surface area (Å²) in [6.45, 7) is 2.24. The SMILES string of the molecule is O=C(CCC1CCNC1)NCc1ccc(Oc2ccccc2F)c(F)c1. The molecule has 1 fully saturated rings. The lowest BCUT2D eigenvalue weighted by Gasteiger charge is -2.11. The number of nitrogens with one attached hydrogen (secondary N) is 2. The van der Waals surface area contributed by atoms with Gasteiger partial charge in [-0.15, -0.1) is 0 Å². The first-order chi connectivity index (χ1) is 12.6. The van der Waals surface area contributed by atoms with E-state index in [4.69, 9.17) is 4.74 Å². The molecule has 1 heterocycles. The first-order valence-electron chi connectivity index (χ1n) is 8.80. The number of ether oxygens (including phenoxy) is 1. The summed E-state index contributed by atoms with van der Waals surface area (Å²) in [5.74, 6) is -0.720. The van der Waals surface area contributed by atoms with E-state index in [1.165, 1.54) is 30.3 Å². The molecule has 2 aromatic rings. The second kappa shape index (κ2) is 8.76. The topological polar surface area (TPSA) is 50.4 Å². The van der Waals surface area contributed by atoms with Crippen LogP contribution in [0.15, 0.2) is 42.5 Å². The maximum absolute atomic E-state index is 14.2. The Kier molecular flexibility index (Phi) is 6.17. The Labute approximate surface area is 151 Å². The lowest BCUT2D eigenvalue weighted by atomic mass is 10.0. The van der Waals surface area contributed by atoms with Crippen LogP contribution in [0.3, 0.4) is 0 Å². The molecule has 26 heavy (non-hydrogen) atoms. The van der Waals surface area contributed by atoms with Crippen LogP contribution < -0.4 is 15.4 Å².